The number of benzene rings is 2. The van der Waals surface area contributed by atoms with Gasteiger partial charge >= 0.3 is 5.97 Å². The minimum atomic E-state index is -0.948. The number of hydrogen-bond donors (Lipinski definition) is 1. The number of nitrogens with zero attached hydrogens (tertiary/aromatic N) is 3. The van der Waals surface area contributed by atoms with Gasteiger partial charge in [-0.1, -0.05) is 60.7 Å². The van der Waals surface area contributed by atoms with Crippen LogP contribution in [0, 0.1) is 0 Å². The molecule has 1 N–H and O–H groups in total. The average Bonchev–Trinajstić information content (AvgIpc) is 3.18. The summed E-state index contributed by atoms with van der Waals surface area (Å²) >= 11 is 0. The Morgan fingerprint density at radius 3 is 2.37 bits per heavy atom. The maximum atomic E-state index is 12.8. The minimum absolute atomic E-state index is 0.116. The second-order valence-corrected chi connectivity index (χ2v) is 6.95. The lowest BCUT2D eigenvalue weighted by molar-refractivity contribution is -0.139. The van der Waals surface area contributed by atoms with Crippen molar-refractivity contribution in [3.63, 3.8) is 0 Å². The topological polar surface area (TPSA) is 84.7 Å². The molecule has 1 amide bonds. The molecule has 7 heteroatoms. The van der Waals surface area contributed by atoms with Crippen molar-refractivity contribution in [1.29, 1.82) is 0 Å². The number of rotatable bonds is 8. The van der Waals surface area contributed by atoms with E-state index in [1.54, 1.807) is 18.7 Å². The lowest BCUT2D eigenvalue weighted by Gasteiger charge is -2.21. The Balaban J connectivity index is 1.74. The smallest absolute Gasteiger partial charge is 0.342 e. The van der Waals surface area contributed by atoms with E-state index >= 15 is 0 Å². The summed E-state index contributed by atoms with van der Waals surface area (Å²) < 4.78 is 7.02. The van der Waals surface area contributed by atoms with E-state index in [0.717, 1.165) is 11.1 Å². The molecule has 0 radical (unpaired) electrons. The second kappa shape index (κ2) is 9.84. The highest BCUT2D eigenvalue weighted by Crippen LogP contribution is 2.25. The van der Waals surface area contributed by atoms with Gasteiger partial charge < -0.3 is 14.7 Å². The number of likely N-dealkylation sites (N-methyl/N-ethyl adjacent to an activating group) is 1. The first kappa shape index (κ1) is 21.3. The number of carbonyl (C=O) groups is 2. The SMILES string of the molecule is CC(OC(=O)c1cnn(CCO)c1-c1ccccc1)C(=O)N(C)Cc1ccccc1. The summed E-state index contributed by atoms with van der Waals surface area (Å²) in [6, 6.07) is 18.9. The van der Waals surface area contributed by atoms with E-state index in [1.165, 1.54) is 11.1 Å². The third-order valence-corrected chi connectivity index (χ3v) is 4.69. The highest BCUT2D eigenvalue weighted by Gasteiger charge is 2.26. The summed E-state index contributed by atoms with van der Waals surface area (Å²) in [7, 11) is 1.67. The van der Waals surface area contributed by atoms with E-state index in [2.05, 4.69) is 5.10 Å². The quantitative estimate of drug-likeness (QED) is 0.581. The van der Waals surface area contributed by atoms with Crippen LogP contribution in [0.4, 0.5) is 0 Å². The van der Waals surface area contributed by atoms with Gasteiger partial charge in [-0.25, -0.2) is 4.79 Å². The summed E-state index contributed by atoms with van der Waals surface area (Å²) in [5.41, 5.74) is 2.56. The van der Waals surface area contributed by atoms with Crippen LogP contribution in [0.1, 0.15) is 22.8 Å². The Morgan fingerprint density at radius 1 is 1.10 bits per heavy atom. The second-order valence-electron chi connectivity index (χ2n) is 6.95. The summed E-state index contributed by atoms with van der Waals surface area (Å²) in [5, 5.41) is 13.5. The van der Waals surface area contributed by atoms with Gasteiger partial charge in [0.25, 0.3) is 5.91 Å². The molecule has 3 aromatic rings. The molecule has 2 aromatic carbocycles. The van der Waals surface area contributed by atoms with Crippen LogP contribution in [-0.4, -0.2) is 51.4 Å². The van der Waals surface area contributed by atoms with Gasteiger partial charge in [0.2, 0.25) is 0 Å². The lowest BCUT2D eigenvalue weighted by Crippen LogP contribution is -2.37. The van der Waals surface area contributed by atoms with Gasteiger partial charge in [-0.2, -0.15) is 5.10 Å². The molecule has 1 unspecified atom stereocenters. The first-order chi connectivity index (χ1) is 14.5. The molecule has 0 saturated heterocycles. The number of aromatic nitrogens is 2. The average molecular weight is 407 g/mol. The minimum Gasteiger partial charge on any atom is -0.449 e. The molecule has 0 aliphatic rings. The van der Waals surface area contributed by atoms with E-state index in [9.17, 15) is 14.7 Å². The van der Waals surface area contributed by atoms with Gasteiger partial charge in [-0.05, 0) is 12.5 Å². The number of amides is 1. The molecule has 30 heavy (non-hydrogen) atoms. The molecule has 7 nitrogen and oxygen atoms in total. The van der Waals surface area contributed by atoms with Crippen molar-refractivity contribution >= 4 is 11.9 Å². The molecule has 1 heterocycles. The van der Waals surface area contributed by atoms with Crippen molar-refractivity contribution in [3.05, 3.63) is 78.0 Å². The number of carbonyl (C=O) groups excluding carboxylic acids is 2. The van der Waals surface area contributed by atoms with Crippen LogP contribution in [-0.2, 0) is 22.6 Å². The van der Waals surface area contributed by atoms with E-state index in [1.807, 2.05) is 60.7 Å². The third kappa shape index (κ3) is 4.93. The predicted molar refractivity (Wildman–Crippen MR) is 113 cm³/mol. The fraction of sp³-hybridized carbons (Fsp3) is 0.261. The fourth-order valence-corrected chi connectivity index (χ4v) is 3.22. The number of aliphatic hydroxyl groups excluding tert-OH is 1. The normalized spacial score (nSPS) is 11.7. The van der Waals surface area contributed by atoms with Crippen LogP contribution in [0.3, 0.4) is 0 Å². The van der Waals surface area contributed by atoms with Crippen LogP contribution < -0.4 is 0 Å². The Kier molecular flexibility index (Phi) is 6.98. The van der Waals surface area contributed by atoms with Crippen LogP contribution in [0.25, 0.3) is 11.3 Å². The zero-order valence-electron chi connectivity index (χ0n) is 17.1. The molecular formula is C23H25N3O4. The van der Waals surface area contributed by atoms with Gasteiger partial charge in [0.1, 0.15) is 5.56 Å². The van der Waals surface area contributed by atoms with Crippen molar-refractivity contribution in [2.24, 2.45) is 0 Å². The lowest BCUT2D eigenvalue weighted by atomic mass is 10.1. The Bertz CT molecular complexity index is 986. The van der Waals surface area contributed by atoms with Gasteiger partial charge in [-0.3, -0.25) is 9.48 Å². The molecule has 0 aliphatic heterocycles. The first-order valence-corrected chi connectivity index (χ1v) is 9.73. The third-order valence-electron chi connectivity index (χ3n) is 4.69. The molecule has 1 aromatic heterocycles. The number of esters is 1. The van der Waals surface area contributed by atoms with Gasteiger partial charge in [0.15, 0.2) is 6.10 Å². The Labute approximate surface area is 175 Å². The monoisotopic (exact) mass is 407 g/mol. The van der Waals surface area contributed by atoms with Gasteiger partial charge in [-0.15, -0.1) is 0 Å². The summed E-state index contributed by atoms with van der Waals surface area (Å²) in [6.45, 7) is 2.11. The standard InChI is InChI=1S/C23H25N3O4/c1-17(22(28)25(2)16-18-9-5-3-6-10-18)30-23(29)20-15-24-26(13-14-27)21(20)19-11-7-4-8-12-19/h3-12,15,17,27H,13-14,16H2,1-2H3. The highest BCUT2D eigenvalue weighted by atomic mass is 16.5. The van der Waals surface area contributed by atoms with Gasteiger partial charge in [0.05, 0.1) is 25.0 Å². The summed E-state index contributed by atoms with van der Waals surface area (Å²) in [4.78, 5) is 27.0. The zero-order valence-corrected chi connectivity index (χ0v) is 17.1. The van der Waals surface area contributed by atoms with Crippen LogP contribution in [0.2, 0.25) is 0 Å². The highest BCUT2D eigenvalue weighted by molar-refractivity contribution is 5.97. The van der Waals surface area contributed by atoms with E-state index in [-0.39, 0.29) is 24.6 Å². The largest absolute Gasteiger partial charge is 0.449 e. The zero-order chi connectivity index (χ0) is 21.5. The number of aliphatic hydroxyl groups is 1. The van der Waals surface area contributed by atoms with Crippen LogP contribution in [0.15, 0.2) is 66.9 Å². The van der Waals surface area contributed by atoms with Gasteiger partial charge in [0, 0.05) is 19.2 Å². The predicted octanol–water partition coefficient (Wildman–Crippen LogP) is 2.75. The number of ether oxygens (including phenoxy) is 1. The van der Waals surface area contributed by atoms with Crippen molar-refractivity contribution in [2.45, 2.75) is 26.1 Å². The number of hydrogen-bond acceptors (Lipinski definition) is 5. The molecular weight excluding hydrogens is 382 g/mol. The van der Waals surface area contributed by atoms with Crippen molar-refractivity contribution in [1.82, 2.24) is 14.7 Å². The summed E-state index contributed by atoms with van der Waals surface area (Å²) in [5.74, 6) is -0.928. The van der Waals surface area contributed by atoms with E-state index in [0.29, 0.717) is 12.2 Å². The molecule has 0 spiro atoms. The maximum absolute atomic E-state index is 12.8. The Hall–Kier alpha value is -3.45. The maximum Gasteiger partial charge on any atom is 0.342 e. The summed E-state index contributed by atoms with van der Waals surface area (Å²) in [6.07, 6.45) is 0.460. The molecule has 3 rings (SSSR count). The van der Waals surface area contributed by atoms with E-state index in [4.69, 9.17) is 4.74 Å². The molecule has 0 aliphatic carbocycles. The molecule has 0 saturated carbocycles. The molecule has 0 fully saturated rings. The van der Waals surface area contributed by atoms with Crippen molar-refractivity contribution < 1.29 is 19.4 Å². The molecule has 1 atom stereocenters. The van der Waals surface area contributed by atoms with Crippen LogP contribution >= 0.6 is 0 Å². The van der Waals surface area contributed by atoms with Crippen molar-refractivity contribution in [2.75, 3.05) is 13.7 Å². The fourth-order valence-electron chi connectivity index (χ4n) is 3.22. The first-order valence-electron chi connectivity index (χ1n) is 9.73. The molecule has 0 bridgehead atoms. The molecule has 156 valence electrons. The van der Waals surface area contributed by atoms with E-state index < -0.39 is 12.1 Å². The van der Waals surface area contributed by atoms with Crippen molar-refractivity contribution in [3.8, 4) is 11.3 Å². The Morgan fingerprint density at radius 2 is 1.73 bits per heavy atom. The van der Waals surface area contributed by atoms with Crippen LogP contribution in [0.5, 0.6) is 0 Å².